The number of hydrogen-bond acceptors (Lipinski definition) is 4. The Labute approximate surface area is 174 Å². The second kappa shape index (κ2) is 8.69. The van der Waals surface area contributed by atoms with Crippen LogP contribution in [-0.2, 0) is 6.42 Å². The number of rotatable bonds is 7. The highest BCUT2D eigenvalue weighted by Gasteiger charge is 2.10. The first kappa shape index (κ1) is 19.5. The largest absolute Gasteiger partial charge is 0.497 e. The summed E-state index contributed by atoms with van der Waals surface area (Å²) in [6.07, 6.45) is 6.10. The van der Waals surface area contributed by atoms with Crippen LogP contribution in [0.5, 0.6) is 11.5 Å². The van der Waals surface area contributed by atoms with Crippen molar-refractivity contribution in [2.45, 2.75) is 6.42 Å². The van der Waals surface area contributed by atoms with Gasteiger partial charge in [0.15, 0.2) is 0 Å². The number of aromatic amines is 1. The van der Waals surface area contributed by atoms with E-state index >= 15 is 0 Å². The Morgan fingerprint density at radius 3 is 2.67 bits per heavy atom. The minimum Gasteiger partial charge on any atom is -0.497 e. The van der Waals surface area contributed by atoms with Gasteiger partial charge in [-0.1, -0.05) is 12.1 Å². The predicted molar refractivity (Wildman–Crippen MR) is 117 cm³/mol. The highest BCUT2D eigenvalue weighted by Crippen LogP contribution is 2.28. The normalized spacial score (nSPS) is 10.7. The molecule has 0 unspecified atom stereocenters. The Morgan fingerprint density at radius 2 is 1.90 bits per heavy atom. The molecule has 4 aromatic rings. The zero-order valence-electron chi connectivity index (χ0n) is 16.9. The third kappa shape index (κ3) is 3.98. The summed E-state index contributed by atoms with van der Waals surface area (Å²) >= 11 is 0. The van der Waals surface area contributed by atoms with Gasteiger partial charge >= 0.3 is 0 Å². The number of ether oxygens (including phenoxy) is 2. The number of aromatic nitrogens is 2. The molecule has 2 N–H and O–H groups in total. The summed E-state index contributed by atoms with van der Waals surface area (Å²) in [5, 5.41) is 4.10. The van der Waals surface area contributed by atoms with Crippen LogP contribution >= 0.6 is 0 Å². The third-order valence-electron chi connectivity index (χ3n) is 5.12. The Kier molecular flexibility index (Phi) is 5.66. The fourth-order valence-corrected chi connectivity index (χ4v) is 3.49. The standard InChI is InChI=1S/C24H23N3O3/c1-29-19-7-8-22-21(13-19)18(14-27-22)9-12-26-24(28)17-5-3-16(4-6-17)20-10-11-25-15-23(20)30-2/h3-8,10-11,13-15,27H,9,12H2,1-2H3,(H,26,28). The van der Waals surface area contributed by atoms with Gasteiger partial charge in [0.1, 0.15) is 11.5 Å². The van der Waals surface area contributed by atoms with Crippen LogP contribution in [0.15, 0.2) is 67.1 Å². The number of fused-ring (bicyclic) bond motifs is 1. The van der Waals surface area contributed by atoms with Crippen LogP contribution in [0.3, 0.4) is 0 Å². The smallest absolute Gasteiger partial charge is 0.251 e. The number of carbonyl (C=O) groups is 1. The van der Waals surface area contributed by atoms with Crippen molar-refractivity contribution in [1.82, 2.24) is 15.3 Å². The number of nitrogens with one attached hydrogen (secondary N) is 2. The number of nitrogens with zero attached hydrogens (tertiary/aromatic N) is 1. The van der Waals surface area contributed by atoms with Gasteiger partial charge in [-0.05, 0) is 53.9 Å². The molecular formula is C24H23N3O3. The molecule has 6 nitrogen and oxygen atoms in total. The molecule has 0 saturated heterocycles. The van der Waals surface area contributed by atoms with Gasteiger partial charge in [0, 0.05) is 41.0 Å². The summed E-state index contributed by atoms with van der Waals surface area (Å²) < 4.78 is 10.7. The maximum Gasteiger partial charge on any atom is 0.251 e. The Balaban J connectivity index is 1.40. The summed E-state index contributed by atoms with van der Waals surface area (Å²) in [5.74, 6) is 1.42. The quantitative estimate of drug-likeness (QED) is 0.486. The molecule has 6 heteroatoms. The molecular weight excluding hydrogens is 378 g/mol. The topological polar surface area (TPSA) is 76.2 Å². The average molecular weight is 401 g/mol. The molecule has 0 aliphatic carbocycles. The van der Waals surface area contributed by atoms with Crippen LogP contribution in [-0.4, -0.2) is 36.6 Å². The van der Waals surface area contributed by atoms with Gasteiger partial charge in [-0.15, -0.1) is 0 Å². The summed E-state index contributed by atoms with van der Waals surface area (Å²) in [6, 6.07) is 15.3. The Morgan fingerprint density at radius 1 is 1.07 bits per heavy atom. The lowest BCUT2D eigenvalue weighted by atomic mass is 10.0. The Hall–Kier alpha value is -3.80. The van der Waals surface area contributed by atoms with Crippen LogP contribution in [0.4, 0.5) is 0 Å². The number of carbonyl (C=O) groups excluding carboxylic acids is 1. The zero-order chi connectivity index (χ0) is 20.9. The molecule has 0 spiro atoms. The van der Waals surface area contributed by atoms with Crippen molar-refractivity contribution in [3.8, 4) is 22.6 Å². The lowest BCUT2D eigenvalue weighted by Gasteiger charge is -2.09. The fraction of sp³-hybridized carbons (Fsp3) is 0.167. The molecule has 2 heterocycles. The maximum atomic E-state index is 12.5. The summed E-state index contributed by atoms with van der Waals surface area (Å²) in [4.78, 5) is 19.9. The van der Waals surface area contributed by atoms with Crippen LogP contribution in [0.2, 0.25) is 0 Å². The molecule has 30 heavy (non-hydrogen) atoms. The van der Waals surface area contributed by atoms with E-state index in [1.54, 1.807) is 26.6 Å². The molecule has 0 aliphatic heterocycles. The lowest BCUT2D eigenvalue weighted by Crippen LogP contribution is -2.25. The number of amides is 1. The second-order valence-corrected chi connectivity index (χ2v) is 6.88. The van der Waals surface area contributed by atoms with E-state index in [0.29, 0.717) is 17.9 Å². The van der Waals surface area contributed by atoms with Crippen molar-refractivity contribution >= 4 is 16.8 Å². The van der Waals surface area contributed by atoms with Crippen molar-refractivity contribution in [2.24, 2.45) is 0 Å². The molecule has 0 radical (unpaired) electrons. The van der Waals surface area contributed by atoms with Crippen LogP contribution in [0.25, 0.3) is 22.0 Å². The van der Waals surface area contributed by atoms with Gasteiger partial charge in [-0.2, -0.15) is 0 Å². The minimum absolute atomic E-state index is 0.0966. The maximum absolute atomic E-state index is 12.5. The molecule has 1 amide bonds. The molecule has 152 valence electrons. The Bertz CT molecular complexity index is 1170. The van der Waals surface area contributed by atoms with Crippen molar-refractivity contribution in [3.63, 3.8) is 0 Å². The average Bonchev–Trinajstić information content (AvgIpc) is 3.21. The van der Waals surface area contributed by atoms with Gasteiger partial charge in [-0.25, -0.2) is 0 Å². The van der Waals surface area contributed by atoms with Crippen molar-refractivity contribution in [2.75, 3.05) is 20.8 Å². The van der Waals surface area contributed by atoms with Gasteiger partial charge in [0.05, 0.1) is 20.4 Å². The molecule has 0 saturated carbocycles. The van der Waals surface area contributed by atoms with E-state index in [0.717, 1.165) is 39.8 Å². The van der Waals surface area contributed by atoms with E-state index in [1.165, 1.54) is 0 Å². The summed E-state index contributed by atoms with van der Waals surface area (Å²) in [7, 11) is 3.27. The summed E-state index contributed by atoms with van der Waals surface area (Å²) in [5.41, 5.74) is 4.73. The monoisotopic (exact) mass is 401 g/mol. The summed E-state index contributed by atoms with van der Waals surface area (Å²) in [6.45, 7) is 0.545. The second-order valence-electron chi connectivity index (χ2n) is 6.88. The SMILES string of the molecule is COc1ccc2[nH]cc(CCNC(=O)c3ccc(-c4ccncc4OC)cc3)c2c1. The van der Waals surface area contributed by atoms with Crippen LogP contribution in [0, 0.1) is 0 Å². The number of pyridine rings is 1. The van der Waals surface area contributed by atoms with Crippen molar-refractivity contribution < 1.29 is 14.3 Å². The first-order chi connectivity index (χ1) is 14.7. The molecule has 0 aliphatic rings. The molecule has 0 fully saturated rings. The molecule has 0 bridgehead atoms. The number of H-pyrrole nitrogens is 1. The van der Waals surface area contributed by atoms with Gasteiger partial charge in [0.2, 0.25) is 0 Å². The van der Waals surface area contributed by atoms with Gasteiger partial charge in [0.25, 0.3) is 5.91 Å². The van der Waals surface area contributed by atoms with E-state index in [-0.39, 0.29) is 5.91 Å². The molecule has 2 aromatic carbocycles. The van der Waals surface area contributed by atoms with Crippen molar-refractivity contribution in [1.29, 1.82) is 0 Å². The molecule has 4 rings (SSSR count). The van der Waals surface area contributed by atoms with E-state index < -0.39 is 0 Å². The van der Waals surface area contributed by atoms with E-state index in [1.807, 2.05) is 54.7 Å². The highest BCUT2D eigenvalue weighted by atomic mass is 16.5. The number of methoxy groups -OCH3 is 2. The first-order valence-corrected chi connectivity index (χ1v) is 9.70. The van der Waals surface area contributed by atoms with Gasteiger partial charge in [-0.3, -0.25) is 9.78 Å². The number of benzene rings is 2. The third-order valence-corrected chi connectivity index (χ3v) is 5.12. The highest BCUT2D eigenvalue weighted by molar-refractivity contribution is 5.94. The minimum atomic E-state index is -0.0966. The van der Waals surface area contributed by atoms with Crippen molar-refractivity contribution in [3.05, 3.63) is 78.2 Å². The molecule has 0 atom stereocenters. The zero-order valence-corrected chi connectivity index (χ0v) is 16.9. The van der Waals surface area contributed by atoms with E-state index in [9.17, 15) is 4.79 Å². The van der Waals surface area contributed by atoms with Crippen LogP contribution in [0.1, 0.15) is 15.9 Å². The van der Waals surface area contributed by atoms with Gasteiger partial charge < -0.3 is 19.8 Å². The van der Waals surface area contributed by atoms with Crippen LogP contribution < -0.4 is 14.8 Å². The van der Waals surface area contributed by atoms with E-state index in [2.05, 4.69) is 15.3 Å². The molecule has 2 aromatic heterocycles. The van der Waals surface area contributed by atoms with E-state index in [4.69, 9.17) is 9.47 Å². The fourth-order valence-electron chi connectivity index (χ4n) is 3.49. The lowest BCUT2D eigenvalue weighted by molar-refractivity contribution is 0.0954. The number of hydrogen-bond donors (Lipinski definition) is 2. The predicted octanol–water partition coefficient (Wildman–Crippen LogP) is 4.22. The first-order valence-electron chi connectivity index (χ1n) is 9.70.